The third kappa shape index (κ3) is 5.71. The van der Waals surface area contributed by atoms with Gasteiger partial charge in [-0.25, -0.2) is 0 Å². The van der Waals surface area contributed by atoms with Crippen LogP contribution in [0.15, 0.2) is 92.5 Å². The molecule has 162 valence electrons. The second-order valence-corrected chi connectivity index (χ2v) is 7.17. The largest absolute Gasteiger partial charge is 0.324 e. The Morgan fingerprint density at radius 2 is 0.788 bits per heavy atom. The van der Waals surface area contributed by atoms with Crippen LogP contribution in [0.4, 0.5) is 34.9 Å². The van der Waals surface area contributed by atoms with Crippen molar-refractivity contribution < 1.29 is 0 Å². The molecule has 3 aromatic carbocycles. The van der Waals surface area contributed by atoms with Gasteiger partial charge in [-0.05, 0) is 53.1 Å². The van der Waals surface area contributed by atoms with E-state index in [-0.39, 0.29) is 0 Å². The smallest absolute Gasteiger partial charge is 0.233 e. The van der Waals surface area contributed by atoms with Crippen LogP contribution in [0.2, 0.25) is 0 Å². The molecule has 33 heavy (non-hydrogen) atoms. The summed E-state index contributed by atoms with van der Waals surface area (Å²) >= 11 is 0. The molecule has 6 heteroatoms. The summed E-state index contributed by atoms with van der Waals surface area (Å²) in [5, 5.41) is 9.76. The van der Waals surface area contributed by atoms with Gasteiger partial charge in [0.25, 0.3) is 0 Å². The summed E-state index contributed by atoms with van der Waals surface area (Å²) in [4.78, 5) is 13.7. The predicted molar refractivity (Wildman–Crippen MR) is 139 cm³/mol. The van der Waals surface area contributed by atoms with Gasteiger partial charge in [-0.1, -0.05) is 74.4 Å². The Balaban J connectivity index is 1.68. The molecule has 1 aromatic heterocycles. The van der Waals surface area contributed by atoms with Gasteiger partial charge in [0.2, 0.25) is 17.8 Å². The van der Waals surface area contributed by atoms with Crippen LogP contribution in [0.5, 0.6) is 0 Å². The minimum Gasteiger partial charge on any atom is -0.324 e. The van der Waals surface area contributed by atoms with E-state index in [0.717, 1.165) is 33.8 Å². The highest BCUT2D eigenvalue weighted by Crippen LogP contribution is 2.23. The molecule has 0 spiro atoms. The summed E-state index contributed by atoms with van der Waals surface area (Å²) in [6, 6.07) is 23.5. The fourth-order valence-corrected chi connectivity index (χ4v) is 3.16. The molecular formula is C27H24N6. The Kier molecular flexibility index (Phi) is 6.56. The summed E-state index contributed by atoms with van der Waals surface area (Å²) in [6.07, 6.45) is 5.37. The Morgan fingerprint density at radius 1 is 0.485 bits per heavy atom. The third-order valence-corrected chi connectivity index (χ3v) is 4.77. The molecule has 0 saturated heterocycles. The average molecular weight is 433 g/mol. The van der Waals surface area contributed by atoms with Gasteiger partial charge in [-0.3, -0.25) is 0 Å². The highest BCUT2D eigenvalue weighted by atomic mass is 15.3. The normalized spacial score (nSPS) is 10.2. The maximum atomic E-state index is 4.56. The number of hydrogen-bond donors (Lipinski definition) is 3. The van der Waals surface area contributed by atoms with Crippen LogP contribution in [0.3, 0.4) is 0 Å². The minimum atomic E-state index is 0.399. The van der Waals surface area contributed by atoms with E-state index in [4.69, 9.17) is 0 Å². The monoisotopic (exact) mass is 432 g/mol. The zero-order valence-electron chi connectivity index (χ0n) is 18.1. The van der Waals surface area contributed by atoms with Gasteiger partial charge in [0, 0.05) is 17.1 Å². The van der Waals surface area contributed by atoms with Crippen molar-refractivity contribution in [1.29, 1.82) is 0 Å². The number of anilines is 6. The molecule has 1 heterocycles. The summed E-state index contributed by atoms with van der Waals surface area (Å²) in [7, 11) is 0. The zero-order valence-corrected chi connectivity index (χ0v) is 18.1. The van der Waals surface area contributed by atoms with E-state index >= 15 is 0 Å². The summed E-state index contributed by atoms with van der Waals surface area (Å²) < 4.78 is 0. The molecule has 0 bridgehead atoms. The molecule has 4 aromatic rings. The Bertz CT molecular complexity index is 1140. The van der Waals surface area contributed by atoms with Crippen molar-refractivity contribution in [3.05, 3.63) is 109 Å². The fraction of sp³-hybridized carbons (Fsp3) is 0. The lowest BCUT2D eigenvalue weighted by Crippen LogP contribution is -2.07. The van der Waals surface area contributed by atoms with Crippen molar-refractivity contribution in [3.8, 4) is 0 Å². The molecule has 0 aliphatic carbocycles. The Labute approximate surface area is 193 Å². The first-order valence-electron chi connectivity index (χ1n) is 10.4. The fourth-order valence-electron chi connectivity index (χ4n) is 3.16. The quantitative estimate of drug-likeness (QED) is 0.264. The van der Waals surface area contributed by atoms with Crippen molar-refractivity contribution >= 4 is 53.1 Å². The molecule has 0 aliphatic rings. The lowest BCUT2D eigenvalue weighted by Gasteiger charge is -2.12. The maximum absolute atomic E-state index is 4.56. The summed E-state index contributed by atoms with van der Waals surface area (Å²) in [5.41, 5.74) is 5.52. The van der Waals surface area contributed by atoms with Crippen LogP contribution < -0.4 is 16.0 Å². The summed E-state index contributed by atoms with van der Waals surface area (Å²) in [5.74, 6) is 1.20. The second-order valence-electron chi connectivity index (χ2n) is 7.17. The van der Waals surface area contributed by atoms with E-state index in [1.54, 1.807) is 18.2 Å². The first-order chi connectivity index (χ1) is 16.1. The molecule has 0 unspecified atom stereocenters. The van der Waals surface area contributed by atoms with Crippen LogP contribution in [-0.2, 0) is 0 Å². The summed E-state index contributed by atoms with van der Waals surface area (Å²) in [6.45, 7) is 11.5. The van der Waals surface area contributed by atoms with Crippen molar-refractivity contribution in [2.45, 2.75) is 0 Å². The molecule has 0 saturated carbocycles. The maximum Gasteiger partial charge on any atom is 0.233 e. The molecule has 0 radical (unpaired) electrons. The van der Waals surface area contributed by atoms with Crippen LogP contribution in [0, 0.1) is 0 Å². The lowest BCUT2D eigenvalue weighted by atomic mass is 10.2. The first-order valence-corrected chi connectivity index (χ1v) is 10.4. The SMILES string of the molecule is C=Cc1cccc(Nc2nc(Nc3cccc(C=C)c3)nc(Nc3cccc(C=C)c3)n2)c1. The predicted octanol–water partition coefficient (Wildman–Crippen LogP) is 7.03. The topological polar surface area (TPSA) is 74.8 Å². The van der Waals surface area contributed by atoms with Gasteiger partial charge >= 0.3 is 0 Å². The zero-order chi connectivity index (χ0) is 23.0. The molecule has 6 nitrogen and oxygen atoms in total. The standard InChI is InChI=1S/C27H24N6/c1-4-19-10-7-13-22(16-19)28-25-31-26(29-23-14-8-11-20(5-2)17-23)33-27(32-25)30-24-15-9-12-21(6-3)18-24/h4-18H,1-3H2,(H3,28,29,30,31,32,33). The number of benzene rings is 3. The Hall–Kier alpha value is -4.71. The number of aromatic nitrogens is 3. The number of nitrogens with one attached hydrogen (secondary N) is 3. The third-order valence-electron chi connectivity index (χ3n) is 4.77. The molecular weight excluding hydrogens is 408 g/mol. The lowest BCUT2D eigenvalue weighted by molar-refractivity contribution is 1.06. The molecule has 0 aliphatic heterocycles. The number of rotatable bonds is 9. The van der Waals surface area contributed by atoms with Crippen LogP contribution in [0.25, 0.3) is 18.2 Å². The minimum absolute atomic E-state index is 0.399. The molecule has 0 fully saturated rings. The van der Waals surface area contributed by atoms with Gasteiger partial charge in [-0.2, -0.15) is 15.0 Å². The number of nitrogens with zero attached hydrogens (tertiary/aromatic N) is 3. The highest BCUT2D eigenvalue weighted by molar-refractivity contribution is 5.66. The number of hydrogen-bond acceptors (Lipinski definition) is 6. The van der Waals surface area contributed by atoms with E-state index in [0.29, 0.717) is 17.8 Å². The van der Waals surface area contributed by atoms with E-state index in [1.807, 2.05) is 72.8 Å². The molecule has 4 rings (SSSR count). The van der Waals surface area contributed by atoms with Crippen molar-refractivity contribution in [3.63, 3.8) is 0 Å². The van der Waals surface area contributed by atoms with Crippen molar-refractivity contribution in [1.82, 2.24) is 15.0 Å². The van der Waals surface area contributed by atoms with Crippen LogP contribution >= 0.6 is 0 Å². The van der Waals surface area contributed by atoms with Gasteiger partial charge in [0.15, 0.2) is 0 Å². The van der Waals surface area contributed by atoms with Crippen molar-refractivity contribution in [2.75, 3.05) is 16.0 Å². The van der Waals surface area contributed by atoms with E-state index < -0.39 is 0 Å². The van der Waals surface area contributed by atoms with Crippen molar-refractivity contribution in [2.24, 2.45) is 0 Å². The average Bonchev–Trinajstić information content (AvgIpc) is 2.84. The van der Waals surface area contributed by atoms with Crippen LogP contribution in [-0.4, -0.2) is 15.0 Å². The molecule has 3 N–H and O–H groups in total. The van der Waals surface area contributed by atoms with Gasteiger partial charge in [-0.15, -0.1) is 0 Å². The van der Waals surface area contributed by atoms with E-state index in [9.17, 15) is 0 Å². The van der Waals surface area contributed by atoms with Gasteiger partial charge in [0.05, 0.1) is 0 Å². The first kappa shape index (κ1) is 21.5. The molecule has 0 amide bonds. The second kappa shape index (κ2) is 10.1. The van der Waals surface area contributed by atoms with Gasteiger partial charge < -0.3 is 16.0 Å². The van der Waals surface area contributed by atoms with E-state index in [2.05, 4.69) is 50.6 Å². The van der Waals surface area contributed by atoms with E-state index in [1.165, 1.54) is 0 Å². The highest BCUT2D eigenvalue weighted by Gasteiger charge is 2.09. The van der Waals surface area contributed by atoms with Crippen LogP contribution in [0.1, 0.15) is 16.7 Å². The Morgan fingerprint density at radius 3 is 1.06 bits per heavy atom. The molecule has 0 atom stereocenters. The van der Waals surface area contributed by atoms with Gasteiger partial charge in [0.1, 0.15) is 0 Å².